The average molecular weight is 431 g/mol. The van der Waals surface area contributed by atoms with Gasteiger partial charge in [0.2, 0.25) is 0 Å². The summed E-state index contributed by atoms with van der Waals surface area (Å²) < 4.78 is 53.3. The fraction of sp³-hybridized carbons (Fsp3) is 0.304. The number of amides is 1. The van der Waals surface area contributed by atoms with Gasteiger partial charge in [0.05, 0.1) is 5.52 Å². The molecule has 0 aliphatic heterocycles. The summed E-state index contributed by atoms with van der Waals surface area (Å²) >= 11 is 0. The SMILES string of the molecule is O=C(NC1CCCC(Nc2cc(C(F)(F)F)nc3ccccc23)C1)c1cccc(F)c1. The summed E-state index contributed by atoms with van der Waals surface area (Å²) in [5, 5.41) is 6.76. The molecule has 162 valence electrons. The molecule has 2 unspecified atom stereocenters. The Morgan fingerprint density at radius 2 is 1.77 bits per heavy atom. The predicted molar refractivity (Wildman–Crippen MR) is 110 cm³/mol. The second-order valence-electron chi connectivity index (χ2n) is 7.76. The molecule has 0 saturated heterocycles. The number of hydrogen-bond acceptors (Lipinski definition) is 3. The number of hydrogen-bond donors (Lipinski definition) is 2. The maximum absolute atomic E-state index is 13.4. The lowest BCUT2D eigenvalue weighted by atomic mass is 9.90. The van der Waals surface area contributed by atoms with Crippen LogP contribution in [0.1, 0.15) is 41.7 Å². The first-order valence-corrected chi connectivity index (χ1v) is 10.1. The van der Waals surface area contributed by atoms with Crippen molar-refractivity contribution in [3.63, 3.8) is 0 Å². The zero-order chi connectivity index (χ0) is 22.0. The largest absolute Gasteiger partial charge is 0.433 e. The van der Waals surface area contributed by atoms with E-state index in [2.05, 4.69) is 15.6 Å². The monoisotopic (exact) mass is 431 g/mol. The molecule has 0 radical (unpaired) electrons. The average Bonchev–Trinajstić information content (AvgIpc) is 2.73. The first kappa shape index (κ1) is 21.1. The molecule has 1 heterocycles. The Bertz CT molecular complexity index is 1100. The standard InChI is InChI=1S/C23H21F4N3O/c24-15-6-3-5-14(11-15)22(31)29-17-8-4-7-16(12-17)28-20-13-21(23(25,26)27)30-19-10-2-1-9-18(19)20/h1-3,5-6,9-11,13,16-17H,4,7-8,12H2,(H,28,30)(H,29,31). The van der Waals surface area contributed by atoms with Crippen LogP contribution >= 0.6 is 0 Å². The smallest absolute Gasteiger partial charge is 0.382 e. The van der Waals surface area contributed by atoms with Crippen molar-refractivity contribution in [3.8, 4) is 0 Å². The van der Waals surface area contributed by atoms with Gasteiger partial charge in [0, 0.05) is 28.7 Å². The van der Waals surface area contributed by atoms with Crippen molar-refractivity contribution in [2.45, 2.75) is 43.9 Å². The highest BCUT2D eigenvalue weighted by Crippen LogP contribution is 2.34. The fourth-order valence-electron chi connectivity index (χ4n) is 4.01. The maximum Gasteiger partial charge on any atom is 0.433 e. The van der Waals surface area contributed by atoms with E-state index in [1.807, 2.05) is 0 Å². The van der Waals surface area contributed by atoms with Gasteiger partial charge in [-0.1, -0.05) is 24.3 Å². The van der Waals surface area contributed by atoms with Crippen LogP contribution in [0, 0.1) is 5.82 Å². The van der Waals surface area contributed by atoms with Crippen molar-refractivity contribution >= 4 is 22.5 Å². The zero-order valence-corrected chi connectivity index (χ0v) is 16.5. The van der Waals surface area contributed by atoms with Gasteiger partial charge < -0.3 is 10.6 Å². The van der Waals surface area contributed by atoms with E-state index in [1.54, 1.807) is 30.3 Å². The lowest BCUT2D eigenvalue weighted by Gasteiger charge is -2.31. The molecular weight excluding hydrogens is 410 g/mol. The van der Waals surface area contributed by atoms with E-state index in [9.17, 15) is 22.4 Å². The summed E-state index contributed by atoms with van der Waals surface area (Å²) in [6.07, 6.45) is -1.66. The van der Waals surface area contributed by atoms with E-state index >= 15 is 0 Å². The van der Waals surface area contributed by atoms with E-state index in [0.717, 1.165) is 25.3 Å². The molecule has 0 bridgehead atoms. The van der Waals surface area contributed by atoms with Gasteiger partial charge in [-0.2, -0.15) is 13.2 Å². The minimum absolute atomic E-state index is 0.113. The highest BCUT2D eigenvalue weighted by molar-refractivity contribution is 5.94. The lowest BCUT2D eigenvalue weighted by Crippen LogP contribution is -2.41. The first-order chi connectivity index (χ1) is 14.8. The van der Waals surface area contributed by atoms with Gasteiger partial charge in [0.25, 0.3) is 5.91 Å². The number of carbonyl (C=O) groups is 1. The Labute approximate surface area is 176 Å². The number of nitrogens with one attached hydrogen (secondary N) is 2. The lowest BCUT2D eigenvalue weighted by molar-refractivity contribution is -0.140. The number of benzene rings is 2. The van der Waals surface area contributed by atoms with E-state index in [4.69, 9.17) is 0 Å². The summed E-state index contributed by atoms with van der Waals surface area (Å²) in [6, 6.07) is 12.9. The number of pyridine rings is 1. The van der Waals surface area contributed by atoms with Gasteiger partial charge in [-0.05, 0) is 56.0 Å². The summed E-state index contributed by atoms with van der Waals surface area (Å²) in [7, 11) is 0. The van der Waals surface area contributed by atoms with E-state index in [1.165, 1.54) is 18.2 Å². The number of aromatic nitrogens is 1. The summed E-state index contributed by atoms with van der Waals surface area (Å²) in [4.78, 5) is 16.2. The van der Waals surface area contributed by atoms with Gasteiger partial charge >= 0.3 is 6.18 Å². The molecule has 31 heavy (non-hydrogen) atoms. The Balaban J connectivity index is 1.51. The molecule has 3 aromatic rings. The number of anilines is 1. The van der Waals surface area contributed by atoms with Crippen molar-refractivity contribution in [3.05, 3.63) is 71.7 Å². The van der Waals surface area contributed by atoms with Crippen molar-refractivity contribution < 1.29 is 22.4 Å². The van der Waals surface area contributed by atoms with Crippen LogP contribution in [0.15, 0.2) is 54.6 Å². The number of para-hydroxylation sites is 1. The molecule has 1 amide bonds. The Morgan fingerprint density at radius 1 is 1.00 bits per heavy atom. The molecule has 1 fully saturated rings. The summed E-state index contributed by atoms with van der Waals surface area (Å²) in [5.41, 5.74) is -0.0582. The van der Waals surface area contributed by atoms with Gasteiger partial charge in [-0.25, -0.2) is 9.37 Å². The second-order valence-corrected chi connectivity index (χ2v) is 7.76. The minimum Gasteiger partial charge on any atom is -0.382 e. The van der Waals surface area contributed by atoms with Crippen LogP contribution in [-0.2, 0) is 6.18 Å². The molecule has 1 aromatic heterocycles. The number of carbonyl (C=O) groups excluding carboxylic acids is 1. The quantitative estimate of drug-likeness (QED) is 0.533. The van der Waals surface area contributed by atoms with Gasteiger partial charge in [0.15, 0.2) is 0 Å². The molecule has 0 spiro atoms. The normalized spacial score (nSPS) is 19.2. The number of alkyl halides is 3. The minimum atomic E-state index is -4.55. The van der Waals surface area contributed by atoms with Crippen LogP contribution in [0.3, 0.4) is 0 Å². The third-order valence-corrected chi connectivity index (χ3v) is 5.46. The number of rotatable bonds is 4. The van der Waals surface area contributed by atoms with E-state index in [0.29, 0.717) is 17.5 Å². The molecule has 4 nitrogen and oxygen atoms in total. The van der Waals surface area contributed by atoms with Crippen LogP contribution < -0.4 is 10.6 Å². The second kappa shape index (κ2) is 8.53. The number of halogens is 4. The molecule has 1 saturated carbocycles. The third kappa shape index (κ3) is 4.95. The zero-order valence-electron chi connectivity index (χ0n) is 16.5. The Kier molecular flexibility index (Phi) is 5.80. The first-order valence-electron chi connectivity index (χ1n) is 10.1. The van der Waals surface area contributed by atoms with Gasteiger partial charge in [-0.15, -0.1) is 0 Å². The Morgan fingerprint density at radius 3 is 2.55 bits per heavy atom. The molecule has 8 heteroatoms. The molecule has 4 rings (SSSR count). The molecule has 2 aromatic carbocycles. The van der Waals surface area contributed by atoms with E-state index in [-0.39, 0.29) is 29.1 Å². The third-order valence-electron chi connectivity index (χ3n) is 5.46. The van der Waals surface area contributed by atoms with Crippen LogP contribution in [-0.4, -0.2) is 23.0 Å². The number of nitrogens with zero attached hydrogens (tertiary/aromatic N) is 1. The van der Waals surface area contributed by atoms with Gasteiger partial charge in [0.1, 0.15) is 11.5 Å². The van der Waals surface area contributed by atoms with Crippen LogP contribution in [0.2, 0.25) is 0 Å². The highest BCUT2D eigenvalue weighted by Gasteiger charge is 2.34. The summed E-state index contributed by atoms with van der Waals surface area (Å²) in [6.45, 7) is 0. The topological polar surface area (TPSA) is 54.0 Å². The van der Waals surface area contributed by atoms with Crippen LogP contribution in [0.25, 0.3) is 10.9 Å². The van der Waals surface area contributed by atoms with Crippen molar-refractivity contribution in [1.82, 2.24) is 10.3 Å². The van der Waals surface area contributed by atoms with Crippen molar-refractivity contribution in [2.24, 2.45) is 0 Å². The fourth-order valence-corrected chi connectivity index (χ4v) is 4.01. The highest BCUT2D eigenvalue weighted by atomic mass is 19.4. The van der Waals surface area contributed by atoms with Crippen molar-refractivity contribution in [1.29, 1.82) is 0 Å². The Hall–Kier alpha value is -3.16. The molecule has 1 aliphatic rings. The molecular formula is C23H21F4N3O. The van der Waals surface area contributed by atoms with E-state index < -0.39 is 17.7 Å². The number of fused-ring (bicyclic) bond motifs is 1. The van der Waals surface area contributed by atoms with Crippen molar-refractivity contribution in [2.75, 3.05) is 5.32 Å². The van der Waals surface area contributed by atoms with Crippen LogP contribution in [0.5, 0.6) is 0 Å². The molecule has 2 N–H and O–H groups in total. The van der Waals surface area contributed by atoms with Crippen LogP contribution in [0.4, 0.5) is 23.2 Å². The maximum atomic E-state index is 13.4. The molecule has 2 atom stereocenters. The summed E-state index contributed by atoms with van der Waals surface area (Å²) in [5.74, 6) is -0.847. The molecule has 1 aliphatic carbocycles. The predicted octanol–water partition coefficient (Wildman–Crippen LogP) is 5.55. The van der Waals surface area contributed by atoms with Gasteiger partial charge in [-0.3, -0.25) is 4.79 Å².